The van der Waals surface area contributed by atoms with Gasteiger partial charge in [-0.1, -0.05) is 39.8 Å². The summed E-state index contributed by atoms with van der Waals surface area (Å²) in [5, 5.41) is 4.38. The lowest BCUT2D eigenvalue weighted by molar-refractivity contribution is -0.144. The number of hydroxylamine groups is 2. The molecule has 0 aromatic heterocycles. The molecule has 310 valence electrons. The van der Waals surface area contributed by atoms with Crippen LogP contribution in [0, 0.1) is 11.6 Å². The number of benzene rings is 3. The van der Waals surface area contributed by atoms with Crippen LogP contribution in [0.25, 0.3) is 0 Å². The third kappa shape index (κ3) is 11.9. The van der Waals surface area contributed by atoms with Gasteiger partial charge in [-0.25, -0.2) is 18.4 Å². The number of esters is 1. The van der Waals surface area contributed by atoms with E-state index in [1.807, 2.05) is 27.7 Å². The summed E-state index contributed by atoms with van der Waals surface area (Å²) in [5.74, 6) is -4.32. The van der Waals surface area contributed by atoms with Crippen molar-refractivity contribution in [2.45, 2.75) is 90.9 Å². The lowest BCUT2D eigenvalue weighted by Gasteiger charge is -2.29. The number of halogens is 2. The molecule has 1 N–H and O–H groups in total. The predicted molar refractivity (Wildman–Crippen MR) is 204 cm³/mol. The van der Waals surface area contributed by atoms with Crippen molar-refractivity contribution in [2.24, 2.45) is 0 Å². The number of nitrogens with zero attached hydrogens (tertiary/aromatic N) is 1. The van der Waals surface area contributed by atoms with Gasteiger partial charge in [-0.05, 0) is 93.0 Å². The fourth-order valence-electron chi connectivity index (χ4n) is 6.13. The maximum atomic E-state index is 14.8. The molecule has 0 saturated carbocycles. The van der Waals surface area contributed by atoms with Crippen molar-refractivity contribution in [3.63, 3.8) is 0 Å². The van der Waals surface area contributed by atoms with Gasteiger partial charge in [0.05, 0.1) is 18.2 Å². The standard InChI is InChI=1S/C42H52F2N2O11/c1-24(2)29-19-28(20-30(25(3)4)38(29)54-23-52-9)39(48)45-32-21-46(57-41(50)56-42(5,6)7)18-10-11-33(32)55-40(49)27-14-12-26(13-15-27)37(47)35-34(53-22-51-8)17-16-31(43)36(35)44/h12-17,19-20,24-25,32-33H,10-11,18,21-23H2,1-9H3,(H,45,48)/t32-,33-/m1/s1. The largest absolute Gasteiger partial charge is 0.528 e. The van der Waals surface area contributed by atoms with E-state index in [-0.39, 0.29) is 61.8 Å². The second-order valence-electron chi connectivity index (χ2n) is 15.1. The number of ether oxygens (including phenoxy) is 6. The lowest BCUT2D eigenvalue weighted by atomic mass is 9.91. The van der Waals surface area contributed by atoms with E-state index in [9.17, 15) is 28.0 Å². The monoisotopic (exact) mass is 798 g/mol. The van der Waals surface area contributed by atoms with Gasteiger partial charge in [0, 0.05) is 31.9 Å². The highest BCUT2D eigenvalue weighted by atomic mass is 19.2. The molecule has 1 heterocycles. The van der Waals surface area contributed by atoms with Gasteiger partial charge in [-0.3, -0.25) is 9.59 Å². The van der Waals surface area contributed by atoms with Gasteiger partial charge < -0.3 is 38.6 Å². The van der Waals surface area contributed by atoms with Crippen LogP contribution in [-0.4, -0.2) is 87.5 Å². The Hall–Kier alpha value is -5.12. The SMILES string of the molecule is COCOc1ccc(F)c(F)c1C(=O)c1ccc(C(=O)O[C@@H]2CCCN(OC(=O)OC(C)(C)C)C[C@H]2NC(=O)c2cc(C(C)C)c(OCOC)c(C(C)C)c2)cc1. The molecule has 13 nitrogen and oxygen atoms in total. The first-order valence-electron chi connectivity index (χ1n) is 18.7. The van der Waals surface area contributed by atoms with E-state index in [0.717, 1.165) is 23.3 Å². The number of carbonyl (C=O) groups excluding carboxylic acids is 4. The van der Waals surface area contributed by atoms with Gasteiger partial charge in [0.2, 0.25) is 0 Å². The third-order valence-corrected chi connectivity index (χ3v) is 8.89. The first-order chi connectivity index (χ1) is 26.9. The predicted octanol–water partition coefficient (Wildman–Crippen LogP) is 7.69. The zero-order valence-electron chi connectivity index (χ0n) is 33.9. The van der Waals surface area contributed by atoms with Gasteiger partial charge in [-0.15, -0.1) is 5.06 Å². The van der Waals surface area contributed by atoms with Crippen LogP contribution in [0.1, 0.15) is 121 Å². The second-order valence-corrected chi connectivity index (χ2v) is 15.1. The van der Waals surface area contributed by atoms with E-state index in [4.69, 9.17) is 33.3 Å². The molecule has 0 unspecified atom stereocenters. The molecule has 1 aliphatic heterocycles. The molecular formula is C42H52F2N2O11. The smallest absolute Gasteiger partial charge is 0.467 e. The summed E-state index contributed by atoms with van der Waals surface area (Å²) >= 11 is 0. The van der Waals surface area contributed by atoms with E-state index in [1.165, 1.54) is 43.5 Å². The Balaban J connectivity index is 1.62. The molecule has 1 fully saturated rings. The van der Waals surface area contributed by atoms with Crippen LogP contribution in [0.4, 0.5) is 13.6 Å². The molecular weight excluding hydrogens is 746 g/mol. The molecule has 2 atom stereocenters. The average Bonchev–Trinajstić information content (AvgIpc) is 3.33. The zero-order valence-corrected chi connectivity index (χ0v) is 33.9. The third-order valence-electron chi connectivity index (χ3n) is 8.89. The van der Waals surface area contributed by atoms with Crippen LogP contribution in [-0.2, 0) is 23.8 Å². The van der Waals surface area contributed by atoms with Crippen LogP contribution in [0.3, 0.4) is 0 Å². The van der Waals surface area contributed by atoms with Crippen molar-refractivity contribution in [3.8, 4) is 11.5 Å². The Morgan fingerprint density at radius 3 is 2.02 bits per heavy atom. The maximum absolute atomic E-state index is 14.8. The molecule has 1 saturated heterocycles. The van der Waals surface area contributed by atoms with Crippen molar-refractivity contribution in [3.05, 3.63) is 93.5 Å². The summed E-state index contributed by atoms with van der Waals surface area (Å²) in [6.45, 7) is 13.0. The fourth-order valence-corrected chi connectivity index (χ4v) is 6.13. The summed E-state index contributed by atoms with van der Waals surface area (Å²) in [4.78, 5) is 59.2. The highest BCUT2D eigenvalue weighted by Gasteiger charge is 2.35. The van der Waals surface area contributed by atoms with Gasteiger partial charge >= 0.3 is 12.1 Å². The van der Waals surface area contributed by atoms with E-state index < -0.39 is 58.8 Å². The first kappa shape index (κ1) is 44.6. The normalized spacial score (nSPS) is 16.2. The molecule has 1 aliphatic rings. The molecule has 3 aromatic carbocycles. The Labute approximate surface area is 331 Å². The Bertz CT molecular complexity index is 1860. The summed E-state index contributed by atoms with van der Waals surface area (Å²) in [7, 11) is 2.86. The van der Waals surface area contributed by atoms with Crippen LogP contribution < -0.4 is 14.8 Å². The van der Waals surface area contributed by atoms with Crippen LogP contribution in [0.15, 0.2) is 48.5 Å². The Morgan fingerprint density at radius 2 is 1.44 bits per heavy atom. The van der Waals surface area contributed by atoms with Gasteiger partial charge in [0.15, 0.2) is 31.0 Å². The van der Waals surface area contributed by atoms with E-state index >= 15 is 0 Å². The number of methoxy groups -OCH3 is 2. The first-order valence-corrected chi connectivity index (χ1v) is 18.7. The fraction of sp³-hybridized carbons (Fsp3) is 0.476. The molecule has 1 amide bonds. The quantitative estimate of drug-likeness (QED) is 0.0913. The number of hydrogen-bond donors (Lipinski definition) is 1. The van der Waals surface area contributed by atoms with Gasteiger partial charge in [0.1, 0.15) is 28.8 Å². The van der Waals surface area contributed by atoms with Crippen molar-refractivity contribution in [2.75, 3.05) is 40.9 Å². The van der Waals surface area contributed by atoms with Crippen molar-refractivity contribution in [1.82, 2.24) is 10.4 Å². The number of rotatable bonds is 15. The summed E-state index contributed by atoms with van der Waals surface area (Å²) in [5.41, 5.74) is 0.524. The summed E-state index contributed by atoms with van der Waals surface area (Å²) in [6.07, 6.45) is -1.13. The summed E-state index contributed by atoms with van der Waals surface area (Å²) in [6, 6.07) is 9.81. The van der Waals surface area contributed by atoms with Crippen molar-refractivity contribution < 1.29 is 61.2 Å². The number of amides is 1. The van der Waals surface area contributed by atoms with Crippen LogP contribution >= 0.6 is 0 Å². The molecule has 0 aliphatic carbocycles. The van der Waals surface area contributed by atoms with Gasteiger partial charge in [0.25, 0.3) is 5.91 Å². The molecule has 0 radical (unpaired) electrons. The topological polar surface area (TPSA) is 148 Å². The number of ketones is 1. The van der Waals surface area contributed by atoms with Gasteiger partial charge in [-0.2, -0.15) is 0 Å². The molecule has 0 spiro atoms. The molecule has 57 heavy (non-hydrogen) atoms. The van der Waals surface area contributed by atoms with Crippen molar-refractivity contribution >= 4 is 23.8 Å². The minimum Gasteiger partial charge on any atom is -0.467 e. The molecule has 15 heteroatoms. The molecule has 4 rings (SSSR count). The van der Waals surface area contributed by atoms with E-state index in [2.05, 4.69) is 5.32 Å². The maximum Gasteiger partial charge on any atom is 0.528 e. The van der Waals surface area contributed by atoms with Crippen LogP contribution in [0.2, 0.25) is 0 Å². The summed E-state index contributed by atoms with van der Waals surface area (Å²) < 4.78 is 61.6. The second kappa shape index (κ2) is 19.8. The lowest BCUT2D eigenvalue weighted by Crippen LogP contribution is -2.50. The minimum atomic E-state index is -1.39. The molecule has 0 bridgehead atoms. The highest BCUT2D eigenvalue weighted by Crippen LogP contribution is 2.36. The number of hydrogen-bond acceptors (Lipinski definition) is 12. The number of carbonyl (C=O) groups is 4. The zero-order chi connectivity index (χ0) is 42.0. The Morgan fingerprint density at radius 1 is 0.842 bits per heavy atom. The van der Waals surface area contributed by atoms with E-state index in [1.54, 1.807) is 32.9 Å². The highest BCUT2D eigenvalue weighted by molar-refractivity contribution is 6.11. The minimum absolute atomic E-state index is 0.00739. The van der Waals surface area contributed by atoms with Crippen molar-refractivity contribution in [1.29, 1.82) is 0 Å². The van der Waals surface area contributed by atoms with Crippen LogP contribution in [0.5, 0.6) is 11.5 Å². The Kier molecular flexibility index (Phi) is 15.5. The number of nitrogens with one attached hydrogen (secondary N) is 1. The van der Waals surface area contributed by atoms with E-state index in [0.29, 0.717) is 17.7 Å². The molecule has 3 aromatic rings. The average molecular weight is 799 g/mol.